The van der Waals surface area contributed by atoms with Crippen LogP contribution in [0.4, 0.5) is 0 Å². The third-order valence-electron chi connectivity index (χ3n) is 7.78. The second kappa shape index (κ2) is 17.5. The van der Waals surface area contributed by atoms with Crippen LogP contribution in [0, 0.1) is 36.5 Å². The van der Waals surface area contributed by atoms with Crippen molar-refractivity contribution in [2.45, 2.75) is 87.0 Å². The standard InChI is InChI=1S/C34H42N2O5S/c1-3-14-29(34(40)36-30(32(38)31(37)15-4-2)23-26-18-10-6-11-19-26)35-33(39)27(22-25-16-8-5-9-17-25)24-42(41)28-20-12-7-13-21-28/h1-2,5,7-9,12-13,16-17,20-21,26-27,29-32,37-38H,6,10-11,14-15,18-19,22-24H2,(H,35,39)(H,36,40)/t27-,29+,30+,31+,32-,42?/m1/s1. The largest absolute Gasteiger partial charge is 0.389 e. The van der Waals surface area contributed by atoms with E-state index in [1.807, 2.05) is 36.4 Å². The van der Waals surface area contributed by atoms with Crippen molar-refractivity contribution >= 4 is 22.6 Å². The summed E-state index contributed by atoms with van der Waals surface area (Å²) in [6, 6.07) is 16.5. The Morgan fingerprint density at radius 3 is 2.12 bits per heavy atom. The molecule has 2 amide bonds. The number of terminal acetylenes is 2. The molecule has 1 saturated carbocycles. The monoisotopic (exact) mass is 590 g/mol. The number of aliphatic hydroxyl groups excluding tert-OH is 2. The lowest BCUT2D eigenvalue weighted by Crippen LogP contribution is -2.56. The number of benzene rings is 2. The van der Waals surface area contributed by atoms with Crippen LogP contribution in [0.1, 0.15) is 56.9 Å². The first kappa shape index (κ1) is 33.1. The number of hydrogen-bond acceptors (Lipinski definition) is 5. The maximum Gasteiger partial charge on any atom is 0.243 e. The van der Waals surface area contributed by atoms with Gasteiger partial charge in [-0.25, -0.2) is 0 Å². The van der Waals surface area contributed by atoms with Crippen molar-refractivity contribution in [1.29, 1.82) is 0 Å². The van der Waals surface area contributed by atoms with Crippen LogP contribution < -0.4 is 10.6 Å². The molecule has 224 valence electrons. The van der Waals surface area contributed by atoms with E-state index in [4.69, 9.17) is 12.8 Å². The van der Waals surface area contributed by atoms with Gasteiger partial charge >= 0.3 is 0 Å². The fourth-order valence-corrected chi connectivity index (χ4v) is 6.74. The molecule has 0 bridgehead atoms. The Labute approximate surface area is 252 Å². The minimum absolute atomic E-state index is 0.0531. The SMILES string of the molecule is C#CC[C@H](NC(=O)[C@H](Cc1ccccc1)CS(=O)c1ccccc1)C(=O)N[C@@H](CC1CCCCC1)[C@@H](O)[C@@H](O)CC#C. The maximum absolute atomic E-state index is 13.6. The molecule has 1 unspecified atom stereocenters. The van der Waals surface area contributed by atoms with Gasteiger partial charge < -0.3 is 20.8 Å². The van der Waals surface area contributed by atoms with Gasteiger partial charge in [-0.2, -0.15) is 0 Å². The molecule has 0 radical (unpaired) electrons. The van der Waals surface area contributed by atoms with Crippen LogP contribution in [0.3, 0.4) is 0 Å². The summed E-state index contributed by atoms with van der Waals surface area (Å²) in [5.41, 5.74) is 0.902. The van der Waals surface area contributed by atoms with E-state index in [1.54, 1.807) is 24.3 Å². The van der Waals surface area contributed by atoms with E-state index >= 15 is 0 Å². The van der Waals surface area contributed by atoms with Gasteiger partial charge in [0, 0.05) is 23.5 Å². The molecule has 1 fully saturated rings. The van der Waals surface area contributed by atoms with Gasteiger partial charge in [0.15, 0.2) is 0 Å². The third-order valence-corrected chi connectivity index (χ3v) is 9.29. The molecule has 0 aromatic heterocycles. The fraction of sp³-hybridized carbons (Fsp3) is 0.471. The molecule has 3 rings (SSSR count). The van der Waals surface area contributed by atoms with Gasteiger partial charge in [0.1, 0.15) is 12.1 Å². The molecule has 7 nitrogen and oxygen atoms in total. The highest BCUT2D eigenvalue weighted by molar-refractivity contribution is 7.85. The number of hydrogen-bond donors (Lipinski definition) is 4. The lowest BCUT2D eigenvalue weighted by atomic mass is 9.82. The highest BCUT2D eigenvalue weighted by atomic mass is 32.2. The first-order chi connectivity index (χ1) is 20.3. The molecular weight excluding hydrogens is 548 g/mol. The molecule has 1 aliphatic rings. The van der Waals surface area contributed by atoms with E-state index in [9.17, 15) is 24.0 Å². The average molecular weight is 591 g/mol. The highest BCUT2D eigenvalue weighted by Crippen LogP contribution is 2.28. The molecule has 0 heterocycles. The topological polar surface area (TPSA) is 116 Å². The van der Waals surface area contributed by atoms with Crippen molar-refractivity contribution in [1.82, 2.24) is 10.6 Å². The summed E-state index contributed by atoms with van der Waals surface area (Å²) < 4.78 is 13.2. The third kappa shape index (κ3) is 10.4. The second-order valence-corrected chi connectivity index (χ2v) is 12.5. The fourth-order valence-electron chi connectivity index (χ4n) is 5.45. The summed E-state index contributed by atoms with van der Waals surface area (Å²) in [6.07, 6.45) is 14.4. The molecule has 2 aromatic carbocycles. The van der Waals surface area contributed by atoms with Crippen LogP contribution in [0.15, 0.2) is 65.6 Å². The van der Waals surface area contributed by atoms with Gasteiger partial charge in [-0.3, -0.25) is 13.8 Å². The zero-order chi connectivity index (χ0) is 30.3. The molecule has 6 atom stereocenters. The van der Waals surface area contributed by atoms with Crippen LogP contribution in [-0.4, -0.2) is 56.3 Å². The zero-order valence-electron chi connectivity index (χ0n) is 24.0. The van der Waals surface area contributed by atoms with Gasteiger partial charge in [0.05, 0.1) is 28.9 Å². The van der Waals surface area contributed by atoms with Crippen LogP contribution in [-0.2, 0) is 26.8 Å². The first-order valence-electron chi connectivity index (χ1n) is 14.6. The number of aliphatic hydroxyl groups is 2. The molecule has 0 aliphatic heterocycles. The Balaban J connectivity index is 1.77. The lowest BCUT2D eigenvalue weighted by Gasteiger charge is -2.33. The normalized spacial score (nSPS) is 17.8. The molecular formula is C34H42N2O5S. The first-order valence-corrected chi connectivity index (χ1v) is 15.9. The summed E-state index contributed by atoms with van der Waals surface area (Å²) in [7, 11) is -1.44. The summed E-state index contributed by atoms with van der Waals surface area (Å²) >= 11 is 0. The predicted molar refractivity (Wildman–Crippen MR) is 165 cm³/mol. The van der Waals surface area contributed by atoms with E-state index in [0.29, 0.717) is 23.7 Å². The van der Waals surface area contributed by atoms with Crippen molar-refractivity contribution in [3.63, 3.8) is 0 Å². The van der Waals surface area contributed by atoms with Gasteiger partial charge in [0.2, 0.25) is 11.8 Å². The van der Waals surface area contributed by atoms with Crippen LogP contribution in [0.2, 0.25) is 0 Å². The lowest BCUT2D eigenvalue weighted by molar-refractivity contribution is -0.132. The molecule has 1 aliphatic carbocycles. The second-order valence-electron chi connectivity index (χ2n) is 11.0. The Morgan fingerprint density at radius 1 is 0.881 bits per heavy atom. The number of amides is 2. The van der Waals surface area contributed by atoms with E-state index < -0.39 is 52.8 Å². The maximum atomic E-state index is 13.6. The van der Waals surface area contributed by atoms with Crippen LogP contribution >= 0.6 is 0 Å². The Hall–Kier alpha value is -3.43. The van der Waals surface area contributed by atoms with E-state index in [0.717, 1.165) is 37.7 Å². The van der Waals surface area contributed by atoms with Crippen molar-refractivity contribution in [2.24, 2.45) is 11.8 Å². The predicted octanol–water partition coefficient (Wildman–Crippen LogP) is 3.36. The smallest absolute Gasteiger partial charge is 0.243 e. The quantitative estimate of drug-likeness (QED) is 0.238. The van der Waals surface area contributed by atoms with Crippen LogP contribution in [0.25, 0.3) is 0 Å². The van der Waals surface area contributed by atoms with Gasteiger partial charge in [-0.15, -0.1) is 24.7 Å². The van der Waals surface area contributed by atoms with E-state index in [-0.39, 0.29) is 18.6 Å². The molecule has 0 saturated heterocycles. The van der Waals surface area contributed by atoms with Gasteiger partial charge in [-0.1, -0.05) is 80.6 Å². The molecule has 42 heavy (non-hydrogen) atoms. The molecule has 2 aromatic rings. The summed E-state index contributed by atoms with van der Waals surface area (Å²) in [6.45, 7) is 0. The number of rotatable bonds is 15. The number of nitrogens with one attached hydrogen (secondary N) is 2. The molecule has 8 heteroatoms. The Bertz CT molecular complexity index is 1230. The van der Waals surface area contributed by atoms with Gasteiger partial charge in [-0.05, 0) is 36.5 Å². The molecule has 4 N–H and O–H groups in total. The van der Waals surface area contributed by atoms with Crippen molar-refractivity contribution in [2.75, 3.05) is 5.75 Å². The van der Waals surface area contributed by atoms with E-state index in [1.165, 1.54) is 0 Å². The highest BCUT2D eigenvalue weighted by Gasteiger charge is 2.33. The zero-order valence-corrected chi connectivity index (χ0v) is 24.8. The van der Waals surface area contributed by atoms with Crippen molar-refractivity contribution < 1.29 is 24.0 Å². The Morgan fingerprint density at radius 2 is 1.50 bits per heavy atom. The van der Waals surface area contributed by atoms with Gasteiger partial charge in [0.25, 0.3) is 0 Å². The Kier molecular flexibility index (Phi) is 13.8. The minimum atomic E-state index is -1.44. The number of carbonyl (C=O) groups excluding carboxylic acids is 2. The summed E-state index contributed by atoms with van der Waals surface area (Å²) in [5, 5.41) is 27.0. The average Bonchev–Trinajstić information content (AvgIpc) is 3.01. The van der Waals surface area contributed by atoms with Crippen molar-refractivity contribution in [3.05, 3.63) is 66.2 Å². The molecule has 0 spiro atoms. The van der Waals surface area contributed by atoms with Crippen LogP contribution in [0.5, 0.6) is 0 Å². The number of carbonyl (C=O) groups is 2. The van der Waals surface area contributed by atoms with Crippen molar-refractivity contribution in [3.8, 4) is 24.7 Å². The van der Waals surface area contributed by atoms with E-state index in [2.05, 4.69) is 22.5 Å². The summed E-state index contributed by atoms with van der Waals surface area (Å²) in [5.74, 6) is 3.51. The minimum Gasteiger partial charge on any atom is -0.389 e. The summed E-state index contributed by atoms with van der Waals surface area (Å²) in [4.78, 5) is 27.8.